The van der Waals surface area contributed by atoms with Crippen LogP contribution in [0.15, 0.2) is 24.3 Å². The summed E-state index contributed by atoms with van der Waals surface area (Å²) in [6.45, 7) is 0. The van der Waals surface area contributed by atoms with E-state index in [1.807, 2.05) is 43.3 Å². The number of carbonyl (C=O) groups excluding carboxylic acids is 1. The minimum Gasteiger partial charge on any atom is -0.377 e. The molecule has 0 aliphatic heterocycles. The summed E-state index contributed by atoms with van der Waals surface area (Å²) in [5, 5.41) is 0. The number of nitrogens with zero attached hydrogens (tertiary/aromatic N) is 1. The lowest BCUT2D eigenvalue weighted by atomic mass is 10.1. The van der Waals surface area contributed by atoms with Gasteiger partial charge in [-0.25, -0.2) is 0 Å². The third-order valence-electron chi connectivity index (χ3n) is 1.84. The summed E-state index contributed by atoms with van der Waals surface area (Å²) in [7, 11) is 3.89. The number of primary amides is 1. The molecule has 70 valence electrons. The van der Waals surface area contributed by atoms with E-state index in [-0.39, 0.29) is 5.91 Å². The monoisotopic (exact) mass is 178 g/mol. The Balaban J connectivity index is 2.97. The van der Waals surface area contributed by atoms with E-state index in [0.717, 1.165) is 11.3 Å². The van der Waals surface area contributed by atoms with Gasteiger partial charge in [0.1, 0.15) is 0 Å². The van der Waals surface area contributed by atoms with Crippen molar-refractivity contribution in [1.82, 2.24) is 0 Å². The first kappa shape index (κ1) is 9.58. The molecule has 0 bridgehead atoms. The third kappa shape index (κ3) is 2.47. The molecule has 0 saturated carbocycles. The SMILES string of the molecule is CN(C)c1ccccc1CC(N)=O. The summed E-state index contributed by atoms with van der Waals surface area (Å²) in [6.07, 6.45) is 0.300. The molecule has 3 nitrogen and oxygen atoms in total. The summed E-state index contributed by atoms with van der Waals surface area (Å²) >= 11 is 0. The lowest BCUT2D eigenvalue weighted by molar-refractivity contribution is -0.117. The Morgan fingerprint density at radius 3 is 2.54 bits per heavy atom. The minimum absolute atomic E-state index is 0.297. The van der Waals surface area contributed by atoms with Gasteiger partial charge in [-0.3, -0.25) is 4.79 Å². The molecular formula is C10H14N2O. The first-order valence-corrected chi connectivity index (χ1v) is 4.15. The van der Waals surface area contributed by atoms with Crippen LogP contribution >= 0.6 is 0 Å². The highest BCUT2D eigenvalue weighted by molar-refractivity contribution is 5.78. The number of benzene rings is 1. The standard InChI is InChI=1S/C10H14N2O/c1-12(2)9-6-4-3-5-8(9)7-10(11)13/h3-6H,7H2,1-2H3,(H2,11,13). The number of rotatable bonds is 3. The van der Waals surface area contributed by atoms with Crippen molar-refractivity contribution in [3.63, 3.8) is 0 Å². The lowest BCUT2D eigenvalue weighted by Gasteiger charge is -2.16. The predicted octanol–water partition coefficient (Wildman–Crippen LogP) is 0.780. The number of para-hydroxylation sites is 1. The Bertz CT molecular complexity index is 308. The van der Waals surface area contributed by atoms with Crippen molar-refractivity contribution in [1.29, 1.82) is 0 Å². The zero-order chi connectivity index (χ0) is 9.84. The third-order valence-corrected chi connectivity index (χ3v) is 1.84. The Hall–Kier alpha value is -1.51. The maximum atomic E-state index is 10.7. The van der Waals surface area contributed by atoms with Crippen LogP contribution < -0.4 is 10.6 Å². The zero-order valence-electron chi connectivity index (χ0n) is 7.95. The summed E-state index contributed by atoms with van der Waals surface area (Å²) in [5.41, 5.74) is 7.15. The van der Waals surface area contributed by atoms with Crippen LogP contribution in [-0.2, 0) is 11.2 Å². The number of anilines is 1. The van der Waals surface area contributed by atoms with Gasteiger partial charge < -0.3 is 10.6 Å². The molecule has 1 rings (SSSR count). The largest absolute Gasteiger partial charge is 0.377 e. The van der Waals surface area contributed by atoms with Crippen molar-refractivity contribution < 1.29 is 4.79 Å². The van der Waals surface area contributed by atoms with Gasteiger partial charge in [0.15, 0.2) is 0 Å². The second kappa shape index (κ2) is 3.94. The molecule has 0 heterocycles. The molecule has 1 aromatic carbocycles. The molecule has 0 aliphatic rings. The van der Waals surface area contributed by atoms with Crippen LogP contribution in [0.5, 0.6) is 0 Å². The predicted molar refractivity (Wildman–Crippen MR) is 53.7 cm³/mol. The molecule has 0 radical (unpaired) electrons. The topological polar surface area (TPSA) is 46.3 Å². The normalized spacial score (nSPS) is 9.69. The Morgan fingerprint density at radius 2 is 2.00 bits per heavy atom. The van der Waals surface area contributed by atoms with Crippen molar-refractivity contribution in [2.45, 2.75) is 6.42 Å². The molecule has 1 aromatic rings. The summed E-state index contributed by atoms with van der Waals surface area (Å²) < 4.78 is 0. The number of hydrogen-bond donors (Lipinski definition) is 1. The first-order chi connectivity index (χ1) is 6.11. The number of carbonyl (C=O) groups is 1. The molecule has 3 heteroatoms. The second-order valence-electron chi connectivity index (χ2n) is 3.17. The number of amides is 1. The van der Waals surface area contributed by atoms with Crippen molar-refractivity contribution in [2.75, 3.05) is 19.0 Å². The summed E-state index contributed by atoms with van der Waals surface area (Å²) in [6, 6.07) is 7.74. The zero-order valence-corrected chi connectivity index (χ0v) is 7.95. The van der Waals surface area contributed by atoms with Gasteiger partial charge in [0.2, 0.25) is 5.91 Å². The molecule has 1 amide bonds. The molecule has 2 N–H and O–H groups in total. The van der Waals surface area contributed by atoms with Gasteiger partial charge in [-0.05, 0) is 11.6 Å². The van der Waals surface area contributed by atoms with Gasteiger partial charge in [0.05, 0.1) is 6.42 Å². The molecular weight excluding hydrogens is 164 g/mol. The maximum absolute atomic E-state index is 10.7. The molecule has 0 fully saturated rings. The van der Waals surface area contributed by atoms with Crippen LogP contribution in [0, 0.1) is 0 Å². The number of hydrogen-bond acceptors (Lipinski definition) is 2. The highest BCUT2D eigenvalue weighted by Crippen LogP contribution is 2.17. The van der Waals surface area contributed by atoms with E-state index in [9.17, 15) is 4.79 Å². The fourth-order valence-corrected chi connectivity index (χ4v) is 1.28. The van der Waals surface area contributed by atoms with Gasteiger partial charge in [-0.1, -0.05) is 18.2 Å². The van der Waals surface area contributed by atoms with E-state index in [1.54, 1.807) is 0 Å². The Kier molecular flexibility index (Phi) is 2.90. The highest BCUT2D eigenvalue weighted by Gasteiger charge is 2.05. The molecule has 0 saturated heterocycles. The van der Waals surface area contributed by atoms with E-state index in [1.165, 1.54) is 0 Å². The molecule has 0 unspecified atom stereocenters. The number of nitrogens with two attached hydrogens (primary N) is 1. The maximum Gasteiger partial charge on any atom is 0.221 e. The highest BCUT2D eigenvalue weighted by atomic mass is 16.1. The van der Waals surface area contributed by atoms with Crippen molar-refractivity contribution in [3.8, 4) is 0 Å². The van der Waals surface area contributed by atoms with Gasteiger partial charge in [0.25, 0.3) is 0 Å². The van der Waals surface area contributed by atoms with Gasteiger partial charge in [-0.2, -0.15) is 0 Å². The molecule has 0 aliphatic carbocycles. The molecule has 0 atom stereocenters. The van der Waals surface area contributed by atoms with E-state index < -0.39 is 0 Å². The van der Waals surface area contributed by atoms with E-state index in [0.29, 0.717) is 6.42 Å². The fraction of sp³-hybridized carbons (Fsp3) is 0.300. The summed E-state index contributed by atoms with van der Waals surface area (Å²) in [5.74, 6) is -0.297. The van der Waals surface area contributed by atoms with Gasteiger partial charge in [0, 0.05) is 19.8 Å². The second-order valence-corrected chi connectivity index (χ2v) is 3.17. The minimum atomic E-state index is -0.297. The van der Waals surface area contributed by atoms with Crippen molar-refractivity contribution in [3.05, 3.63) is 29.8 Å². The first-order valence-electron chi connectivity index (χ1n) is 4.15. The molecule has 0 aromatic heterocycles. The average Bonchev–Trinajstić information content (AvgIpc) is 2.03. The van der Waals surface area contributed by atoms with Crippen molar-refractivity contribution in [2.24, 2.45) is 5.73 Å². The lowest BCUT2D eigenvalue weighted by Crippen LogP contribution is -2.17. The van der Waals surface area contributed by atoms with Crippen LogP contribution in [0.25, 0.3) is 0 Å². The molecule has 0 spiro atoms. The van der Waals surface area contributed by atoms with Gasteiger partial charge >= 0.3 is 0 Å². The Morgan fingerprint density at radius 1 is 1.38 bits per heavy atom. The van der Waals surface area contributed by atoms with Gasteiger partial charge in [-0.15, -0.1) is 0 Å². The van der Waals surface area contributed by atoms with Crippen LogP contribution in [0.2, 0.25) is 0 Å². The smallest absolute Gasteiger partial charge is 0.221 e. The van der Waals surface area contributed by atoms with E-state index in [2.05, 4.69) is 0 Å². The van der Waals surface area contributed by atoms with Crippen LogP contribution in [0.4, 0.5) is 5.69 Å². The summed E-state index contributed by atoms with van der Waals surface area (Å²) in [4.78, 5) is 12.7. The van der Waals surface area contributed by atoms with Crippen LogP contribution in [0.3, 0.4) is 0 Å². The van der Waals surface area contributed by atoms with E-state index >= 15 is 0 Å². The van der Waals surface area contributed by atoms with E-state index in [4.69, 9.17) is 5.73 Å². The molecule has 13 heavy (non-hydrogen) atoms. The van der Waals surface area contributed by atoms with Crippen molar-refractivity contribution >= 4 is 11.6 Å². The Labute approximate surface area is 78.2 Å². The quantitative estimate of drug-likeness (QED) is 0.743. The fourth-order valence-electron chi connectivity index (χ4n) is 1.28. The van der Waals surface area contributed by atoms with Crippen LogP contribution in [0.1, 0.15) is 5.56 Å². The van der Waals surface area contributed by atoms with Crippen LogP contribution in [-0.4, -0.2) is 20.0 Å². The average molecular weight is 178 g/mol.